The van der Waals surface area contributed by atoms with E-state index in [-0.39, 0.29) is 18.9 Å². The van der Waals surface area contributed by atoms with Crippen molar-refractivity contribution in [3.8, 4) is 11.1 Å². The number of hydrogen-bond donors (Lipinski definition) is 3. The van der Waals surface area contributed by atoms with E-state index in [1.165, 1.54) is 17.3 Å². The first-order valence-corrected chi connectivity index (χ1v) is 11.3. The van der Waals surface area contributed by atoms with Crippen LogP contribution in [-0.4, -0.2) is 54.9 Å². The summed E-state index contributed by atoms with van der Waals surface area (Å²) in [5, 5.41) is 12.0. The molecule has 3 rings (SSSR count). The average molecular weight is 432 g/mol. The molecule has 1 aliphatic heterocycles. The number of benzene rings is 2. The normalized spacial score (nSPS) is 15.5. The van der Waals surface area contributed by atoms with Crippen molar-refractivity contribution >= 4 is 27.3 Å². The summed E-state index contributed by atoms with van der Waals surface area (Å²) in [5.41, 5.74) is 5.84. The Hall–Kier alpha value is -2.91. The minimum atomic E-state index is -3.82. The number of hydrogen-bond acceptors (Lipinski definition) is 6. The Morgan fingerprint density at radius 3 is 2.37 bits per heavy atom. The van der Waals surface area contributed by atoms with Crippen molar-refractivity contribution in [2.24, 2.45) is 0 Å². The maximum atomic E-state index is 12.8. The van der Waals surface area contributed by atoms with Crippen LogP contribution in [0.25, 0.3) is 11.1 Å². The van der Waals surface area contributed by atoms with Gasteiger partial charge in [0.05, 0.1) is 0 Å². The number of sulfone groups is 1. The van der Waals surface area contributed by atoms with Gasteiger partial charge in [0.2, 0.25) is 0 Å². The minimum absolute atomic E-state index is 0.0662. The predicted octanol–water partition coefficient (Wildman–Crippen LogP) is 2.05. The molecule has 8 nitrogen and oxygen atoms in total. The summed E-state index contributed by atoms with van der Waals surface area (Å²) in [4.78, 5) is 26.3. The van der Waals surface area contributed by atoms with Gasteiger partial charge in [0.25, 0.3) is 11.8 Å². The van der Waals surface area contributed by atoms with Crippen LogP contribution in [0.4, 0.5) is 5.69 Å². The third kappa shape index (κ3) is 3.90. The summed E-state index contributed by atoms with van der Waals surface area (Å²) < 4.78 is 22.4. The highest BCUT2D eigenvalue weighted by atomic mass is 32.2. The molecule has 3 N–H and O–H groups in total. The lowest BCUT2D eigenvalue weighted by molar-refractivity contribution is -0.131. The van der Waals surface area contributed by atoms with E-state index in [4.69, 9.17) is 5.21 Å². The molecule has 0 bridgehead atoms. The number of anilines is 1. The number of nitrogens with zero attached hydrogens (tertiary/aromatic N) is 1. The number of carbonyl (C=O) groups excluding carboxylic acids is 2. The van der Waals surface area contributed by atoms with Gasteiger partial charge in [0.1, 0.15) is 0 Å². The van der Waals surface area contributed by atoms with Crippen molar-refractivity contribution in [2.75, 3.05) is 25.2 Å². The first-order chi connectivity index (χ1) is 14.1. The third-order valence-corrected chi connectivity index (χ3v) is 7.78. The van der Waals surface area contributed by atoms with Crippen LogP contribution in [0.3, 0.4) is 0 Å². The minimum Gasteiger partial charge on any atom is -0.388 e. The number of fused-ring (bicyclic) bond motifs is 1. The third-order valence-electron chi connectivity index (χ3n) is 5.75. The molecule has 1 heterocycles. The number of hydroxylamine groups is 1. The van der Waals surface area contributed by atoms with Crippen molar-refractivity contribution in [1.82, 2.24) is 10.4 Å². The lowest BCUT2D eigenvalue weighted by atomic mass is 10.0. The SMILES string of the molecule is CNc1ccc(-c2ccc3c(c2)CN(CC[C@](C)(C(=O)NO)S(C)(=O)=O)C3=O)cc1. The summed E-state index contributed by atoms with van der Waals surface area (Å²) >= 11 is 0. The van der Waals surface area contributed by atoms with Crippen molar-refractivity contribution in [1.29, 1.82) is 0 Å². The number of rotatable bonds is 7. The molecule has 2 amide bonds. The molecule has 0 aromatic heterocycles. The zero-order valence-corrected chi connectivity index (χ0v) is 17.9. The second kappa shape index (κ2) is 8.08. The second-order valence-electron chi connectivity index (χ2n) is 7.62. The highest BCUT2D eigenvalue weighted by Gasteiger charge is 2.44. The summed E-state index contributed by atoms with van der Waals surface area (Å²) in [5.74, 6) is -1.22. The van der Waals surface area contributed by atoms with Crippen LogP contribution in [0, 0.1) is 0 Å². The van der Waals surface area contributed by atoms with Crippen LogP contribution in [0.5, 0.6) is 0 Å². The molecule has 0 fully saturated rings. The van der Waals surface area contributed by atoms with Crippen LogP contribution in [-0.2, 0) is 21.2 Å². The van der Waals surface area contributed by atoms with Crippen molar-refractivity contribution in [3.63, 3.8) is 0 Å². The molecule has 0 saturated heterocycles. The fourth-order valence-corrected chi connectivity index (χ4v) is 4.35. The fourth-order valence-electron chi connectivity index (χ4n) is 3.50. The van der Waals surface area contributed by atoms with Crippen molar-refractivity contribution < 1.29 is 23.2 Å². The average Bonchev–Trinajstić information content (AvgIpc) is 3.05. The summed E-state index contributed by atoms with van der Waals surface area (Å²) in [6, 6.07) is 13.5. The van der Waals surface area contributed by atoms with E-state index in [0.29, 0.717) is 12.1 Å². The zero-order valence-electron chi connectivity index (χ0n) is 17.1. The monoisotopic (exact) mass is 431 g/mol. The smallest absolute Gasteiger partial charge is 0.264 e. The van der Waals surface area contributed by atoms with Gasteiger partial charge in [-0.25, -0.2) is 13.9 Å². The van der Waals surface area contributed by atoms with Crippen LogP contribution in [0.15, 0.2) is 42.5 Å². The Labute approximate surface area is 175 Å². The Morgan fingerprint density at radius 1 is 1.17 bits per heavy atom. The molecule has 0 radical (unpaired) electrons. The second-order valence-corrected chi connectivity index (χ2v) is 10.1. The lowest BCUT2D eigenvalue weighted by Crippen LogP contribution is -2.50. The van der Waals surface area contributed by atoms with E-state index in [1.54, 1.807) is 6.07 Å². The highest BCUT2D eigenvalue weighted by molar-refractivity contribution is 7.92. The standard InChI is InChI=1S/C21H25N3O5S/c1-21(20(26)23-27,30(3,28)29)10-11-24-13-16-12-15(6-9-18(16)19(24)25)14-4-7-17(22-2)8-5-14/h4-9,12,22,27H,10-11,13H2,1-3H3,(H,23,26)/t21-/m1/s1. The Balaban J connectivity index is 1.79. The van der Waals surface area contributed by atoms with Crippen molar-refractivity contribution in [3.05, 3.63) is 53.6 Å². The molecule has 0 spiro atoms. The molecule has 9 heteroatoms. The molecular weight excluding hydrogens is 406 g/mol. The molecule has 0 saturated carbocycles. The van der Waals surface area contributed by atoms with Gasteiger partial charge >= 0.3 is 0 Å². The van der Waals surface area contributed by atoms with Gasteiger partial charge in [0.15, 0.2) is 14.6 Å². The van der Waals surface area contributed by atoms with E-state index >= 15 is 0 Å². The van der Waals surface area contributed by atoms with Crippen LogP contribution < -0.4 is 10.8 Å². The zero-order chi connectivity index (χ0) is 22.1. The molecule has 160 valence electrons. The Kier molecular flexibility index (Phi) is 5.87. The van der Waals surface area contributed by atoms with Gasteiger partial charge in [0, 0.05) is 37.6 Å². The molecule has 1 atom stereocenters. The summed E-state index contributed by atoms with van der Waals surface area (Å²) in [6.45, 7) is 1.64. The van der Waals surface area contributed by atoms with E-state index < -0.39 is 20.5 Å². The maximum absolute atomic E-state index is 12.8. The molecule has 2 aromatic rings. The van der Waals surface area contributed by atoms with Gasteiger partial charge in [-0.2, -0.15) is 0 Å². The van der Waals surface area contributed by atoms with E-state index in [1.807, 2.05) is 43.4 Å². The highest BCUT2D eigenvalue weighted by Crippen LogP contribution is 2.30. The maximum Gasteiger partial charge on any atom is 0.264 e. The quantitative estimate of drug-likeness (QED) is 0.456. The Morgan fingerprint density at radius 2 is 1.80 bits per heavy atom. The predicted molar refractivity (Wildman–Crippen MR) is 114 cm³/mol. The summed E-state index contributed by atoms with van der Waals surface area (Å²) in [7, 11) is -1.97. The van der Waals surface area contributed by atoms with Gasteiger partial charge in [-0.3, -0.25) is 14.8 Å². The fraction of sp³-hybridized carbons (Fsp3) is 0.333. The van der Waals surface area contributed by atoms with E-state index in [2.05, 4.69) is 5.32 Å². The molecule has 2 aromatic carbocycles. The lowest BCUT2D eigenvalue weighted by Gasteiger charge is -2.27. The molecule has 0 unspecified atom stereocenters. The van der Waals surface area contributed by atoms with E-state index in [9.17, 15) is 18.0 Å². The molecule has 30 heavy (non-hydrogen) atoms. The summed E-state index contributed by atoms with van der Waals surface area (Å²) in [6.07, 6.45) is 0.810. The van der Waals surface area contributed by atoms with Crippen LogP contribution in [0.2, 0.25) is 0 Å². The molecular formula is C21H25N3O5S. The van der Waals surface area contributed by atoms with E-state index in [0.717, 1.165) is 28.6 Å². The molecule has 0 aliphatic carbocycles. The number of carbonyl (C=O) groups is 2. The van der Waals surface area contributed by atoms with Crippen LogP contribution >= 0.6 is 0 Å². The number of amides is 2. The van der Waals surface area contributed by atoms with Gasteiger partial charge in [-0.1, -0.05) is 18.2 Å². The van der Waals surface area contributed by atoms with Gasteiger partial charge < -0.3 is 10.2 Å². The first kappa shape index (κ1) is 21.8. The van der Waals surface area contributed by atoms with Crippen LogP contribution in [0.1, 0.15) is 29.3 Å². The Bertz CT molecular complexity index is 1080. The topological polar surface area (TPSA) is 116 Å². The first-order valence-electron chi connectivity index (χ1n) is 9.45. The van der Waals surface area contributed by atoms with Gasteiger partial charge in [-0.15, -0.1) is 0 Å². The largest absolute Gasteiger partial charge is 0.388 e. The van der Waals surface area contributed by atoms with Gasteiger partial charge in [-0.05, 0) is 54.3 Å². The molecule has 1 aliphatic rings. The number of nitrogens with one attached hydrogen (secondary N) is 2. The van der Waals surface area contributed by atoms with Crippen molar-refractivity contribution in [2.45, 2.75) is 24.6 Å².